The molecule has 240 valence electrons. The molecule has 6 rings (SSSR count). The molecule has 3 aliphatic carbocycles. The van der Waals surface area contributed by atoms with E-state index in [4.69, 9.17) is 5.73 Å². The molecule has 1 fully saturated rings. The third-order valence-electron chi connectivity index (χ3n) is 9.99. The second-order valence-electron chi connectivity index (χ2n) is 12.9. The van der Waals surface area contributed by atoms with Crippen molar-refractivity contribution in [1.82, 2.24) is 9.80 Å². The number of nitrogens with two attached hydrogens (primary N) is 1. The standard InChI is InChI=1S/C35H37N3O8/c1-4-5-6-9-16-12-18(15-38-34(45)19-10-7-8-11-20(19)35(38)46)28(39)24-21(16)13-17-14-22-25(30(41)23(17)29(24)40)31(42)26(33(36)44)32(43)27(22)37(2)3/h7-8,10-12,17,22,25,27,39-40,43H,4-6,9,13-15H2,1-3H3,(H2,36,44)/t17?,22?,25?,27-/m0/s1. The summed E-state index contributed by atoms with van der Waals surface area (Å²) in [5.74, 6) is -7.49. The number of allylic oxidation sites excluding steroid dienone is 1. The van der Waals surface area contributed by atoms with E-state index in [1.807, 2.05) is 0 Å². The number of rotatable bonds is 8. The molecule has 3 amide bonds. The molecule has 1 aliphatic heterocycles. The number of phenols is 1. The lowest BCUT2D eigenvalue weighted by Crippen LogP contribution is -2.55. The maximum absolute atomic E-state index is 14.2. The number of phenolic OH excluding ortho intramolecular Hbond substituents is 1. The van der Waals surface area contributed by atoms with Crippen LogP contribution in [0.5, 0.6) is 5.75 Å². The molecule has 0 aromatic heterocycles. The Labute approximate surface area is 266 Å². The van der Waals surface area contributed by atoms with Crippen LogP contribution in [0.1, 0.15) is 75.6 Å². The number of carbonyl (C=O) groups is 5. The number of primary amides is 1. The van der Waals surface area contributed by atoms with Gasteiger partial charge in [-0.15, -0.1) is 0 Å². The van der Waals surface area contributed by atoms with E-state index in [2.05, 4.69) is 6.92 Å². The van der Waals surface area contributed by atoms with Crippen LogP contribution in [0.4, 0.5) is 0 Å². The summed E-state index contributed by atoms with van der Waals surface area (Å²) in [6.07, 6.45) is 3.85. The normalized spacial score (nSPS) is 24.0. The van der Waals surface area contributed by atoms with E-state index in [0.717, 1.165) is 29.7 Å². The van der Waals surface area contributed by atoms with Crippen molar-refractivity contribution in [3.05, 3.63) is 80.6 Å². The molecule has 1 heterocycles. The Morgan fingerprint density at radius 3 is 2.22 bits per heavy atom. The number of aliphatic hydroxyl groups excluding tert-OH is 2. The van der Waals surface area contributed by atoms with Crippen LogP contribution >= 0.6 is 0 Å². The van der Waals surface area contributed by atoms with Crippen LogP contribution in [-0.2, 0) is 33.8 Å². The minimum Gasteiger partial charge on any atom is -0.510 e. The first-order valence-electron chi connectivity index (χ1n) is 15.6. The summed E-state index contributed by atoms with van der Waals surface area (Å²) >= 11 is 0. The third kappa shape index (κ3) is 4.63. The number of aromatic hydroxyl groups is 1. The van der Waals surface area contributed by atoms with Gasteiger partial charge in [0.1, 0.15) is 22.8 Å². The molecular weight excluding hydrogens is 590 g/mol. The van der Waals surface area contributed by atoms with Crippen LogP contribution in [0.25, 0.3) is 5.76 Å². The summed E-state index contributed by atoms with van der Waals surface area (Å²) in [5.41, 5.74) is 7.17. The van der Waals surface area contributed by atoms with E-state index < -0.39 is 70.2 Å². The van der Waals surface area contributed by atoms with E-state index in [0.29, 0.717) is 12.0 Å². The fraction of sp³-hybridized carbons (Fsp3) is 0.400. The van der Waals surface area contributed by atoms with Gasteiger partial charge in [-0.2, -0.15) is 0 Å². The fourth-order valence-corrected chi connectivity index (χ4v) is 7.93. The molecule has 3 unspecified atom stereocenters. The van der Waals surface area contributed by atoms with Crippen molar-refractivity contribution in [1.29, 1.82) is 0 Å². The Bertz CT molecular complexity index is 1750. The molecule has 0 saturated heterocycles. The van der Waals surface area contributed by atoms with Gasteiger partial charge in [0.15, 0.2) is 11.6 Å². The predicted octanol–water partition coefficient (Wildman–Crippen LogP) is 3.38. The maximum atomic E-state index is 14.2. The highest BCUT2D eigenvalue weighted by atomic mass is 16.3. The summed E-state index contributed by atoms with van der Waals surface area (Å²) in [4.78, 5) is 68.9. The smallest absolute Gasteiger partial charge is 0.261 e. The first-order chi connectivity index (χ1) is 21.9. The molecular formula is C35H37N3O8. The number of aryl methyl sites for hydroxylation is 1. The van der Waals surface area contributed by atoms with Crippen molar-refractivity contribution in [3.63, 3.8) is 0 Å². The van der Waals surface area contributed by atoms with E-state index in [-0.39, 0.29) is 53.0 Å². The number of amides is 3. The lowest BCUT2D eigenvalue weighted by atomic mass is 9.59. The Kier molecular flexibility index (Phi) is 7.84. The first-order valence-corrected chi connectivity index (χ1v) is 15.6. The van der Waals surface area contributed by atoms with Gasteiger partial charge in [-0.1, -0.05) is 31.9 Å². The number of nitrogens with zero attached hydrogens (tertiary/aromatic N) is 2. The second-order valence-corrected chi connectivity index (χ2v) is 12.9. The van der Waals surface area contributed by atoms with Gasteiger partial charge < -0.3 is 21.1 Å². The number of ketones is 2. The minimum absolute atomic E-state index is 0.0162. The Morgan fingerprint density at radius 1 is 0.978 bits per heavy atom. The number of carbonyl (C=O) groups excluding carboxylic acids is 5. The summed E-state index contributed by atoms with van der Waals surface area (Å²) in [6, 6.07) is 7.44. The molecule has 2 aromatic carbocycles. The quantitative estimate of drug-likeness (QED) is 0.148. The zero-order valence-corrected chi connectivity index (χ0v) is 26.0. The van der Waals surface area contributed by atoms with Crippen LogP contribution in [-0.4, -0.2) is 74.5 Å². The highest BCUT2D eigenvalue weighted by Gasteiger charge is 2.56. The number of hydrogen-bond donors (Lipinski definition) is 4. The average Bonchev–Trinajstić information content (AvgIpc) is 3.23. The molecule has 4 aliphatic rings. The van der Waals surface area contributed by atoms with Crippen molar-refractivity contribution in [2.75, 3.05) is 14.1 Å². The number of unbranched alkanes of at least 4 members (excludes halogenated alkanes) is 2. The van der Waals surface area contributed by atoms with E-state index in [9.17, 15) is 39.3 Å². The zero-order valence-electron chi connectivity index (χ0n) is 26.0. The van der Waals surface area contributed by atoms with Crippen LogP contribution in [0, 0.1) is 17.8 Å². The summed E-state index contributed by atoms with van der Waals surface area (Å²) in [7, 11) is 3.35. The molecule has 4 atom stereocenters. The Hall–Kier alpha value is -4.77. The van der Waals surface area contributed by atoms with Gasteiger partial charge in [-0.3, -0.25) is 33.8 Å². The van der Waals surface area contributed by atoms with Crippen LogP contribution in [0.2, 0.25) is 0 Å². The Morgan fingerprint density at radius 2 is 1.63 bits per heavy atom. The van der Waals surface area contributed by atoms with Crippen molar-refractivity contribution in [2.45, 2.75) is 58.0 Å². The highest BCUT2D eigenvalue weighted by molar-refractivity contribution is 6.28. The third-order valence-corrected chi connectivity index (χ3v) is 9.99. The number of likely N-dealkylation sites (N-methyl/N-ethyl adjacent to an activating group) is 1. The van der Waals surface area contributed by atoms with Gasteiger partial charge in [0.2, 0.25) is 0 Å². The number of hydrogen-bond acceptors (Lipinski definition) is 9. The van der Waals surface area contributed by atoms with Crippen LogP contribution < -0.4 is 5.73 Å². The topological polar surface area (TPSA) is 179 Å². The second kappa shape index (κ2) is 11.5. The molecule has 0 bridgehead atoms. The van der Waals surface area contributed by atoms with E-state index >= 15 is 0 Å². The average molecular weight is 628 g/mol. The van der Waals surface area contributed by atoms with Crippen LogP contribution in [0.3, 0.4) is 0 Å². The molecule has 11 nitrogen and oxygen atoms in total. The Balaban J connectivity index is 1.46. The first kappa shape index (κ1) is 31.2. The molecule has 5 N–H and O–H groups in total. The summed E-state index contributed by atoms with van der Waals surface area (Å²) in [5, 5.41) is 34.4. The number of imide groups is 1. The van der Waals surface area contributed by atoms with Crippen molar-refractivity contribution in [3.8, 4) is 5.75 Å². The SMILES string of the molecule is CCCCCc1cc(CN2C(=O)c3ccccc3C2=O)c(O)c2c1CC1CC3C(C(=O)C(C(N)=O)=C(O)[C@H]3N(C)C)C(=O)C1=C2O. The zero-order chi connectivity index (χ0) is 33.2. The lowest BCUT2D eigenvalue weighted by molar-refractivity contribution is -0.136. The number of fused-ring (bicyclic) bond motifs is 4. The largest absolute Gasteiger partial charge is 0.510 e. The molecule has 0 spiro atoms. The van der Waals surface area contributed by atoms with Gasteiger partial charge >= 0.3 is 0 Å². The van der Waals surface area contributed by atoms with E-state index in [1.54, 1.807) is 49.3 Å². The number of benzene rings is 2. The van der Waals surface area contributed by atoms with Gasteiger partial charge in [-0.25, -0.2) is 0 Å². The summed E-state index contributed by atoms with van der Waals surface area (Å²) < 4.78 is 0. The molecule has 46 heavy (non-hydrogen) atoms. The number of Topliss-reactive ketones (excluding diaryl/α,β-unsaturated/α-hetero) is 2. The summed E-state index contributed by atoms with van der Waals surface area (Å²) in [6.45, 7) is 1.83. The van der Waals surface area contributed by atoms with Gasteiger partial charge in [0.05, 0.1) is 35.2 Å². The maximum Gasteiger partial charge on any atom is 0.261 e. The van der Waals surface area contributed by atoms with Crippen LogP contribution in [0.15, 0.2) is 47.2 Å². The predicted molar refractivity (Wildman–Crippen MR) is 167 cm³/mol. The van der Waals surface area contributed by atoms with E-state index in [1.165, 1.54) is 0 Å². The highest BCUT2D eigenvalue weighted by Crippen LogP contribution is 2.51. The fourth-order valence-electron chi connectivity index (χ4n) is 7.93. The van der Waals surface area contributed by atoms with Gasteiger partial charge in [-0.05, 0) is 80.9 Å². The lowest BCUT2D eigenvalue weighted by Gasteiger charge is -2.46. The molecule has 0 radical (unpaired) electrons. The van der Waals surface area contributed by atoms with Crippen molar-refractivity contribution >= 4 is 35.0 Å². The molecule has 11 heteroatoms. The van der Waals surface area contributed by atoms with Crippen molar-refractivity contribution < 1.29 is 39.3 Å². The minimum atomic E-state index is -1.35. The van der Waals surface area contributed by atoms with Gasteiger partial charge in [0.25, 0.3) is 17.7 Å². The molecule has 1 saturated carbocycles. The molecule has 2 aromatic rings. The van der Waals surface area contributed by atoms with Crippen molar-refractivity contribution in [2.24, 2.45) is 23.5 Å². The number of aliphatic hydroxyl groups is 2. The monoisotopic (exact) mass is 627 g/mol. The van der Waals surface area contributed by atoms with Gasteiger partial charge in [0, 0.05) is 11.1 Å².